The molecule has 6 nitrogen and oxygen atoms in total. The number of H-pyrrole nitrogens is 1. The Bertz CT molecular complexity index is 670. The average Bonchev–Trinajstić information content (AvgIpc) is 3.08. The second-order valence-electron chi connectivity index (χ2n) is 7.56. The summed E-state index contributed by atoms with van der Waals surface area (Å²) in [4.78, 5) is 7.05. The zero-order valence-electron chi connectivity index (χ0n) is 13.5. The molecule has 1 saturated carbocycles. The Hall–Kier alpha value is -1.69. The third-order valence-electron chi connectivity index (χ3n) is 4.77. The molecule has 0 saturated heterocycles. The van der Waals surface area contributed by atoms with Gasteiger partial charge in [0.25, 0.3) is 0 Å². The normalized spacial score (nSPS) is 23.0. The van der Waals surface area contributed by atoms with Gasteiger partial charge in [-0.2, -0.15) is 10.1 Å². The number of hydrogen-bond donors (Lipinski definition) is 1. The van der Waals surface area contributed by atoms with Crippen LogP contribution in [0.4, 0.5) is 0 Å². The largest absolute Gasteiger partial charge is 0.338 e. The highest BCUT2D eigenvalue weighted by atomic mass is 16.5. The van der Waals surface area contributed by atoms with Crippen molar-refractivity contribution in [3.63, 3.8) is 0 Å². The van der Waals surface area contributed by atoms with E-state index in [1.165, 1.54) is 24.1 Å². The quantitative estimate of drug-likeness (QED) is 0.944. The van der Waals surface area contributed by atoms with Gasteiger partial charge in [-0.15, -0.1) is 0 Å². The minimum atomic E-state index is 0.125. The molecule has 118 valence electrons. The van der Waals surface area contributed by atoms with Gasteiger partial charge in [-0.1, -0.05) is 19.0 Å². The third-order valence-corrected chi connectivity index (χ3v) is 4.77. The molecule has 2 aromatic heterocycles. The number of nitrogens with one attached hydrogen (secondary N) is 1. The molecule has 0 radical (unpaired) electrons. The fourth-order valence-electron chi connectivity index (χ4n) is 3.34. The summed E-state index contributed by atoms with van der Waals surface area (Å²) < 4.78 is 5.53. The maximum absolute atomic E-state index is 5.53. The van der Waals surface area contributed by atoms with E-state index in [1.54, 1.807) is 0 Å². The van der Waals surface area contributed by atoms with Crippen molar-refractivity contribution in [3.05, 3.63) is 29.2 Å². The summed E-state index contributed by atoms with van der Waals surface area (Å²) in [5, 5.41) is 11.5. The van der Waals surface area contributed by atoms with E-state index in [1.807, 2.05) is 6.20 Å². The van der Waals surface area contributed by atoms with Crippen LogP contribution in [0.3, 0.4) is 0 Å². The Morgan fingerprint density at radius 1 is 1.41 bits per heavy atom. The second-order valence-corrected chi connectivity index (χ2v) is 7.56. The zero-order valence-corrected chi connectivity index (χ0v) is 13.5. The number of rotatable bonds is 3. The van der Waals surface area contributed by atoms with E-state index < -0.39 is 0 Å². The molecule has 6 heteroatoms. The maximum Gasteiger partial charge on any atom is 0.243 e. The Kier molecular flexibility index (Phi) is 3.11. The van der Waals surface area contributed by atoms with Gasteiger partial charge in [0.2, 0.25) is 5.89 Å². The molecule has 1 N–H and O–H groups in total. The minimum absolute atomic E-state index is 0.125. The first kappa shape index (κ1) is 13.9. The van der Waals surface area contributed by atoms with E-state index in [2.05, 4.69) is 46.0 Å². The first-order chi connectivity index (χ1) is 10.5. The highest BCUT2D eigenvalue weighted by Crippen LogP contribution is 2.39. The molecule has 1 fully saturated rings. The molecule has 22 heavy (non-hydrogen) atoms. The molecule has 0 amide bonds. The van der Waals surface area contributed by atoms with Crippen molar-refractivity contribution >= 4 is 0 Å². The van der Waals surface area contributed by atoms with Gasteiger partial charge in [-0.25, -0.2) is 0 Å². The Balaban J connectivity index is 1.59. The fraction of sp³-hybridized carbons (Fsp3) is 0.688. The van der Waals surface area contributed by atoms with Crippen LogP contribution in [0.15, 0.2) is 10.7 Å². The summed E-state index contributed by atoms with van der Waals surface area (Å²) in [6.45, 7) is 8.62. The van der Waals surface area contributed by atoms with Crippen LogP contribution < -0.4 is 0 Å². The number of aromatic nitrogens is 4. The predicted octanol–water partition coefficient (Wildman–Crippen LogP) is 2.82. The van der Waals surface area contributed by atoms with Crippen LogP contribution in [0.5, 0.6) is 0 Å². The molecule has 1 unspecified atom stereocenters. The summed E-state index contributed by atoms with van der Waals surface area (Å²) in [5.41, 5.74) is 2.72. The summed E-state index contributed by atoms with van der Waals surface area (Å²) >= 11 is 0. The average molecular weight is 301 g/mol. The lowest BCUT2D eigenvalue weighted by atomic mass is 9.87. The summed E-state index contributed by atoms with van der Waals surface area (Å²) in [6.07, 6.45) is 5.35. The van der Waals surface area contributed by atoms with Crippen LogP contribution in [-0.2, 0) is 13.0 Å². The summed E-state index contributed by atoms with van der Waals surface area (Å²) in [5.74, 6) is 2.16. The summed E-state index contributed by atoms with van der Waals surface area (Å²) in [6, 6.07) is 0.125. The topological polar surface area (TPSA) is 70.8 Å². The summed E-state index contributed by atoms with van der Waals surface area (Å²) in [7, 11) is 0. The molecule has 1 aliphatic heterocycles. The molecule has 0 spiro atoms. The Labute approximate surface area is 130 Å². The van der Waals surface area contributed by atoms with E-state index in [4.69, 9.17) is 4.52 Å². The predicted molar refractivity (Wildman–Crippen MR) is 81.2 cm³/mol. The van der Waals surface area contributed by atoms with Crippen molar-refractivity contribution < 1.29 is 4.52 Å². The molecular formula is C16H23N5O. The molecule has 2 aliphatic rings. The van der Waals surface area contributed by atoms with Gasteiger partial charge in [0.15, 0.2) is 5.82 Å². The van der Waals surface area contributed by atoms with Crippen molar-refractivity contribution in [1.82, 2.24) is 25.2 Å². The monoisotopic (exact) mass is 301 g/mol. The third kappa shape index (κ3) is 2.56. The van der Waals surface area contributed by atoms with Gasteiger partial charge in [0.05, 0.1) is 12.2 Å². The van der Waals surface area contributed by atoms with Crippen molar-refractivity contribution in [1.29, 1.82) is 0 Å². The molecule has 3 heterocycles. The van der Waals surface area contributed by atoms with Crippen LogP contribution in [0.25, 0.3) is 0 Å². The lowest BCUT2D eigenvalue weighted by Gasteiger charge is -2.32. The van der Waals surface area contributed by atoms with Crippen LogP contribution in [-0.4, -0.2) is 31.8 Å². The molecule has 0 bridgehead atoms. The van der Waals surface area contributed by atoms with Crippen LogP contribution in [0, 0.1) is 5.41 Å². The van der Waals surface area contributed by atoms with Gasteiger partial charge >= 0.3 is 0 Å². The van der Waals surface area contributed by atoms with Crippen LogP contribution in [0.2, 0.25) is 0 Å². The lowest BCUT2D eigenvalue weighted by molar-refractivity contribution is 0.116. The van der Waals surface area contributed by atoms with Crippen molar-refractivity contribution in [2.24, 2.45) is 5.41 Å². The standard InChI is InChI=1S/C16H23N5O/c1-10(15-18-14(20-22-15)11-4-5-11)21-8-12-7-17-19-13(12)6-16(2,3)9-21/h7,10-11H,4-6,8-9H2,1-3H3,(H,17,19). The smallest absolute Gasteiger partial charge is 0.243 e. The van der Waals surface area contributed by atoms with Gasteiger partial charge in [0.1, 0.15) is 0 Å². The van der Waals surface area contributed by atoms with E-state index in [0.29, 0.717) is 5.92 Å². The zero-order chi connectivity index (χ0) is 15.3. The van der Waals surface area contributed by atoms with E-state index in [-0.39, 0.29) is 11.5 Å². The molecule has 4 rings (SSSR count). The fourth-order valence-corrected chi connectivity index (χ4v) is 3.34. The minimum Gasteiger partial charge on any atom is -0.338 e. The SMILES string of the molecule is CC(c1nc(C2CC2)no1)N1Cc2cn[nH]c2CC(C)(C)C1. The number of aromatic amines is 1. The lowest BCUT2D eigenvalue weighted by Crippen LogP contribution is -2.35. The van der Waals surface area contributed by atoms with Crippen LogP contribution >= 0.6 is 0 Å². The first-order valence-electron chi connectivity index (χ1n) is 8.10. The van der Waals surface area contributed by atoms with Gasteiger partial charge in [0, 0.05) is 30.3 Å². The molecule has 0 aromatic carbocycles. The van der Waals surface area contributed by atoms with Crippen molar-refractivity contribution in [2.45, 2.75) is 58.5 Å². The number of hydrogen-bond acceptors (Lipinski definition) is 5. The van der Waals surface area contributed by atoms with Crippen molar-refractivity contribution in [2.75, 3.05) is 6.54 Å². The highest BCUT2D eigenvalue weighted by molar-refractivity contribution is 5.20. The van der Waals surface area contributed by atoms with Crippen LogP contribution in [0.1, 0.15) is 68.5 Å². The first-order valence-corrected chi connectivity index (χ1v) is 8.10. The second kappa shape index (κ2) is 4.91. The van der Waals surface area contributed by atoms with Gasteiger partial charge in [-0.05, 0) is 31.6 Å². The molecular weight excluding hydrogens is 278 g/mol. The van der Waals surface area contributed by atoms with Crippen molar-refractivity contribution in [3.8, 4) is 0 Å². The van der Waals surface area contributed by atoms with E-state index in [0.717, 1.165) is 31.2 Å². The number of nitrogens with zero attached hydrogens (tertiary/aromatic N) is 4. The maximum atomic E-state index is 5.53. The number of fused-ring (bicyclic) bond motifs is 1. The highest BCUT2D eigenvalue weighted by Gasteiger charge is 2.34. The molecule has 2 aromatic rings. The van der Waals surface area contributed by atoms with E-state index in [9.17, 15) is 0 Å². The molecule has 1 atom stereocenters. The van der Waals surface area contributed by atoms with E-state index >= 15 is 0 Å². The van der Waals surface area contributed by atoms with Gasteiger partial charge < -0.3 is 4.52 Å². The Morgan fingerprint density at radius 3 is 3.00 bits per heavy atom. The van der Waals surface area contributed by atoms with Gasteiger partial charge in [-0.3, -0.25) is 10.00 Å². The molecule has 1 aliphatic carbocycles. The Morgan fingerprint density at radius 2 is 2.23 bits per heavy atom.